The molecule has 0 saturated carbocycles. The van der Waals surface area contributed by atoms with Gasteiger partial charge in [0.05, 0.1) is 17.6 Å². The minimum absolute atomic E-state index is 0.0800. The summed E-state index contributed by atoms with van der Waals surface area (Å²) in [5.74, 6) is -1.44. The van der Waals surface area contributed by atoms with E-state index in [0.717, 1.165) is 10.0 Å². The van der Waals surface area contributed by atoms with Crippen molar-refractivity contribution in [3.05, 3.63) is 64.1 Å². The third kappa shape index (κ3) is 9.53. The molecule has 4 N–H and O–H groups in total. The van der Waals surface area contributed by atoms with Crippen LogP contribution in [-0.2, 0) is 27.5 Å². The van der Waals surface area contributed by atoms with Crippen LogP contribution in [0.3, 0.4) is 0 Å². The fraction of sp³-hybridized carbons (Fsp3) is 0.407. The Morgan fingerprint density at radius 3 is 2.22 bits per heavy atom. The minimum Gasteiger partial charge on any atom is -0.495 e. The Morgan fingerprint density at radius 1 is 0.892 bits per heavy atom. The van der Waals surface area contributed by atoms with Crippen LogP contribution in [-0.4, -0.2) is 42.8 Å². The molecule has 2 atom stereocenters. The first-order valence-corrected chi connectivity index (χ1v) is 13.0. The molecule has 0 aromatic heterocycles. The molecule has 10 heteroatoms. The molecule has 37 heavy (non-hydrogen) atoms. The fourth-order valence-electron chi connectivity index (χ4n) is 3.66. The summed E-state index contributed by atoms with van der Waals surface area (Å²) in [6.07, 6.45) is 0.580. The van der Waals surface area contributed by atoms with E-state index in [0.29, 0.717) is 24.3 Å². The second-order valence-corrected chi connectivity index (χ2v) is 9.80. The zero-order valence-corrected chi connectivity index (χ0v) is 23.2. The minimum atomic E-state index is -1.03. The number of Topliss-reactive ketones (excluding diaryl/α,β-unsaturated/α-hetero) is 1. The van der Waals surface area contributed by atoms with Crippen molar-refractivity contribution in [1.82, 2.24) is 21.3 Å². The Labute approximate surface area is 226 Å². The van der Waals surface area contributed by atoms with Crippen LogP contribution < -0.4 is 26.0 Å². The first kappa shape index (κ1) is 29.8. The zero-order valence-electron chi connectivity index (χ0n) is 21.6. The summed E-state index contributed by atoms with van der Waals surface area (Å²) in [6, 6.07) is 12.4. The maximum Gasteiger partial charge on any atom is 0.315 e. The van der Waals surface area contributed by atoms with Crippen LogP contribution in [0.25, 0.3) is 0 Å². The number of benzene rings is 2. The van der Waals surface area contributed by atoms with Crippen molar-refractivity contribution < 1.29 is 23.9 Å². The topological polar surface area (TPSA) is 126 Å². The van der Waals surface area contributed by atoms with E-state index in [2.05, 4.69) is 37.2 Å². The number of carbonyl (C=O) groups is 4. The first-order chi connectivity index (χ1) is 17.7. The number of halogens is 1. The average molecular weight is 576 g/mol. The molecule has 200 valence electrons. The molecule has 0 fully saturated rings. The smallest absolute Gasteiger partial charge is 0.315 e. The summed E-state index contributed by atoms with van der Waals surface area (Å²) in [5.41, 5.74) is 1.61. The van der Waals surface area contributed by atoms with Crippen LogP contribution in [0.2, 0.25) is 0 Å². The fourth-order valence-corrected chi connectivity index (χ4v) is 4.23. The standard InChI is InChI=1S/C27H35BrN4O5/c1-5-21(23(33)26(35)29-16-19-12-9-13-20(28)24(19)37-4)31-25(34)22(14-17(2)3)32-27(36)30-15-18-10-7-6-8-11-18/h6-13,17,21-22H,5,14-16H2,1-4H3,(H,29,35)(H,31,34)(H2,30,32,36)/t21?,22-/m0/s1. The van der Waals surface area contributed by atoms with Crippen molar-refractivity contribution in [2.75, 3.05) is 7.11 Å². The Bertz CT molecular complexity index is 1080. The Balaban J connectivity index is 1.98. The number of hydrogen-bond acceptors (Lipinski definition) is 5. The van der Waals surface area contributed by atoms with Crippen LogP contribution >= 0.6 is 15.9 Å². The Kier molecular flexibility index (Phi) is 12.1. The zero-order chi connectivity index (χ0) is 27.4. The Morgan fingerprint density at radius 2 is 1.59 bits per heavy atom. The molecule has 0 radical (unpaired) electrons. The number of nitrogens with one attached hydrogen (secondary N) is 4. The molecule has 0 aliphatic heterocycles. The van der Waals surface area contributed by atoms with Crippen LogP contribution in [0.4, 0.5) is 4.79 Å². The molecule has 0 heterocycles. The number of hydrogen-bond donors (Lipinski definition) is 4. The molecule has 9 nitrogen and oxygen atoms in total. The van der Waals surface area contributed by atoms with Crippen LogP contribution in [0, 0.1) is 5.92 Å². The second-order valence-electron chi connectivity index (χ2n) is 8.94. The van der Waals surface area contributed by atoms with Gasteiger partial charge in [-0.1, -0.05) is 63.2 Å². The van der Waals surface area contributed by atoms with E-state index in [1.165, 1.54) is 7.11 Å². The van der Waals surface area contributed by atoms with Gasteiger partial charge < -0.3 is 26.0 Å². The highest BCUT2D eigenvalue weighted by atomic mass is 79.9. The third-order valence-electron chi connectivity index (χ3n) is 5.58. The summed E-state index contributed by atoms with van der Waals surface area (Å²) in [5, 5.41) is 10.7. The number of urea groups is 1. The molecular weight excluding hydrogens is 540 g/mol. The molecule has 0 saturated heterocycles. The summed E-state index contributed by atoms with van der Waals surface area (Å²) in [4.78, 5) is 50.9. The molecule has 0 aliphatic rings. The number of ketones is 1. The van der Waals surface area contributed by atoms with Gasteiger partial charge in [-0.05, 0) is 46.3 Å². The third-order valence-corrected chi connectivity index (χ3v) is 6.21. The van der Waals surface area contributed by atoms with Gasteiger partial charge in [0, 0.05) is 18.7 Å². The highest BCUT2D eigenvalue weighted by Gasteiger charge is 2.29. The number of methoxy groups -OCH3 is 1. The molecule has 0 bridgehead atoms. The van der Waals surface area contributed by atoms with Gasteiger partial charge in [0.2, 0.25) is 11.7 Å². The highest BCUT2D eigenvalue weighted by molar-refractivity contribution is 9.10. The highest BCUT2D eigenvalue weighted by Crippen LogP contribution is 2.28. The predicted octanol–water partition coefficient (Wildman–Crippen LogP) is 3.45. The van der Waals surface area contributed by atoms with Gasteiger partial charge in [0.25, 0.3) is 5.91 Å². The van der Waals surface area contributed by atoms with Gasteiger partial charge in [0.1, 0.15) is 11.8 Å². The van der Waals surface area contributed by atoms with Gasteiger partial charge in [0.15, 0.2) is 0 Å². The van der Waals surface area contributed by atoms with E-state index >= 15 is 0 Å². The monoisotopic (exact) mass is 574 g/mol. The molecule has 4 amide bonds. The van der Waals surface area contributed by atoms with Crippen molar-refractivity contribution in [2.24, 2.45) is 5.92 Å². The average Bonchev–Trinajstić information content (AvgIpc) is 2.88. The molecule has 2 aromatic rings. The second kappa shape index (κ2) is 15.0. The summed E-state index contributed by atoms with van der Waals surface area (Å²) >= 11 is 3.39. The Hall–Kier alpha value is -3.40. The van der Waals surface area contributed by atoms with Crippen molar-refractivity contribution >= 4 is 39.6 Å². The van der Waals surface area contributed by atoms with E-state index in [9.17, 15) is 19.2 Å². The summed E-state index contributed by atoms with van der Waals surface area (Å²) in [6.45, 7) is 5.94. The van der Waals surface area contributed by atoms with Gasteiger partial charge in [-0.2, -0.15) is 0 Å². The summed E-state index contributed by atoms with van der Waals surface area (Å²) < 4.78 is 6.07. The van der Waals surface area contributed by atoms with Crippen molar-refractivity contribution in [2.45, 2.75) is 58.8 Å². The lowest BCUT2D eigenvalue weighted by molar-refractivity contribution is -0.140. The van der Waals surface area contributed by atoms with Gasteiger partial charge in [-0.15, -0.1) is 0 Å². The number of amides is 4. The molecule has 2 rings (SSSR count). The SMILES string of the molecule is CCC(NC(=O)[C@H](CC(C)C)NC(=O)NCc1ccccc1)C(=O)C(=O)NCc1cccc(Br)c1OC. The van der Waals surface area contributed by atoms with E-state index in [-0.39, 0.29) is 18.9 Å². The van der Waals surface area contributed by atoms with E-state index < -0.39 is 35.7 Å². The summed E-state index contributed by atoms with van der Waals surface area (Å²) in [7, 11) is 1.52. The number of para-hydroxylation sites is 1. The number of rotatable bonds is 13. The van der Waals surface area contributed by atoms with Crippen LogP contribution in [0.15, 0.2) is 53.0 Å². The van der Waals surface area contributed by atoms with Gasteiger partial charge >= 0.3 is 6.03 Å². The molecule has 0 aliphatic carbocycles. The first-order valence-electron chi connectivity index (χ1n) is 12.2. The maximum atomic E-state index is 13.0. The van der Waals surface area contributed by atoms with Gasteiger partial charge in [-0.25, -0.2) is 4.79 Å². The normalized spacial score (nSPS) is 12.3. The van der Waals surface area contributed by atoms with E-state index in [4.69, 9.17) is 4.74 Å². The van der Waals surface area contributed by atoms with E-state index in [1.54, 1.807) is 19.1 Å². The lowest BCUT2D eigenvalue weighted by Crippen LogP contribution is -2.55. The largest absolute Gasteiger partial charge is 0.495 e. The number of ether oxygens (including phenoxy) is 1. The lowest BCUT2D eigenvalue weighted by atomic mass is 10.0. The van der Waals surface area contributed by atoms with Crippen LogP contribution in [0.5, 0.6) is 5.75 Å². The molecule has 2 aromatic carbocycles. The predicted molar refractivity (Wildman–Crippen MR) is 145 cm³/mol. The number of carbonyl (C=O) groups excluding carboxylic acids is 4. The van der Waals surface area contributed by atoms with Crippen molar-refractivity contribution in [1.29, 1.82) is 0 Å². The molecular formula is C27H35BrN4O5. The maximum absolute atomic E-state index is 13.0. The van der Waals surface area contributed by atoms with E-state index in [1.807, 2.05) is 50.2 Å². The van der Waals surface area contributed by atoms with Crippen LogP contribution in [0.1, 0.15) is 44.7 Å². The lowest BCUT2D eigenvalue weighted by Gasteiger charge is -2.23. The quantitative estimate of drug-likeness (QED) is 0.273. The van der Waals surface area contributed by atoms with Crippen molar-refractivity contribution in [3.8, 4) is 5.75 Å². The molecule has 0 spiro atoms. The van der Waals surface area contributed by atoms with Crippen molar-refractivity contribution in [3.63, 3.8) is 0 Å². The van der Waals surface area contributed by atoms with Gasteiger partial charge in [-0.3, -0.25) is 14.4 Å². The molecule has 1 unspecified atom stereocenters.